The second kappa shape index (κ2) is 6.83. The van der Waals surface area contributed by atoms with E-state index in [0.29, 0.717) is 12.6 Å². The van der Waals surface area contributed by atoms with E-state index in [2.05, 4.69) is 28.5 Å². The summed E-state index contributed by atoms with van der Waals surface area (Å²) in [6.07, 6.45) is 2.14. The number of hydrogen-bond donors (Lipinski definition) is 2. The van der Waals surface area contributed by atoms with Crippen molar-refractivity contribution in [1.29, 1.82) is 0 Å². The highest BCUT2D eigenvalue weighted by Gasteiger charge is 2.13. The molecular formula is C12H22N4O2S. The molecule has 0 fully saturated rings. The zero-order valence-corrected chi connectivity index (χ0v) is 12.4. The topological polar surface area (TPSA) is 88.3 Å². The fourth-order valence-corrected chi connectivity index (χ4v) is 2.57. The lowest BCUT2D eigenvalue weighted by molar-refractivity contribution is 0.271. The SMILES string of the molecule is CC(C)N(C)CCCNS(=O)(=O)c1ccnc(N)c1. The Bertz CT molecular complexity index is 502. The van der Waals surface area contributed by atoms with Crippen molar-refractivity contribution in [2.45, 2.75) is 31.2 Å². The maximum atomic E-state index is 12.0. The summed E-state index contributed by atoms with van der Waals surface area (Å²) in [5, 5.41) is 0. The number of rotatable bonds is 7. The zero-order valence-electron chi connectivity index (χ0n) is 11.6. The van der Waals surface area contributed by atoms with Gasteiger partial charge in [0.2, 0.25) is 10.0 Å². The third-order valence-electron chi connectivity index (χ3n) is 2.92. The van der Waals surface area contributed by atoms with Crippen LogP contribution in [0.4, 0.5) is 5.82 Å². The van der Waals surface area contributed by atoms with Crippen molar-refractivity contribution in [2.75, 3.05) is 25.9 Å². The molecule has 0 radical (unpaired) electrons. The summed E-state index contributed by atoms with van der Waals surface area (Å²) >= 11 is 0. The molecule has 0 aliphatic rings. The van der Waals surface area contributed by atoms with E-state index in [1.165, 1.54) is 18.3 Å². The second-order valence-corrected chi connectivity index (χ2v) is 6.51. The minimum atomic E-state index is -3.49. The summed E-state index contributed by atoms with van der Waals surface area (Å²) in [6.45, 7) is 5.45. The first-order chi connectivity index (χ1) is 8.83. The van der Waals surface area contributed by atoms with Gasteiger partial charge in [0.25, 0.3) is 0 Å². The molecule has 0 saturated carbocycles. The number of nitrogens with zero attached hydrogens (tertiary/aromatic N) is 2. The summed E-state index contributed by atoms with van der Waals surface area (Å²) < 4.78 is 26.5. The van der Waals surface area contributed by atoms with E-state index in [1.54, 1.807) is 0 Å². The highest BCUT2D eigenvalue weighted by molar-refractivity contribution is 7.89. The first-order valence-corrected chi connectivity index (χ1v) is 7.72. The molecule has 0 aromatic carbocycles. The average Bonchev–Trinajstić information content (AvgIpc) is 2.34. The number of sulfonamides is 1. The van der Waals surface area contributed by atoms with Gasteiger partial charge in [-0.1, -0.05) is 0 Å². The van der Waals surface area contributed by atoms with Gasteiger partial charge in [-0.15, -0.1) is 0 Å². The predicted octanol–water partition coefficient (Wildman–Crippen LogP) is 0.672. The molecule has 0 aliphatic heterocycles. The lowest BCUT2D eigenvalue weighted by Crippen LogP contribution is -2.31. The molecule has 0 unspecified atom stereocenters. The average molecular weight is 286 g/mol. The third-order valence-corrected chi connectivity index (χ3v) is 4.38. The van der Waals surface area contributed by atoms with Crippen LogP contribution in [0.1, 0.15) is 20.3 Å². The van der Waals surface area contributed by atoms with Crippen molar-refractivity contribution < 1.29 is 8.42 Å². The summed E-state index contributed by atoms with van der Waals surface area (Å²) in [5.74, 6) is 0.197. The summed E-state index contributed by atoms with van der Waals surface area (Å²) in [6, 6.07) is 3.23. The van der Waals surface area contributed by atoms with Crippen LogP contribution in [0.3, 0.4) is 0 Å². The molecule has 1 aromatic heterocycles. The number of nitrogens with one attached hydrogen (secondary N) is 1. The Balaban J connectivity index is 2.48. The molecule has 108 valence electrons. The van der Waals surface area contributed by atoms with Crippen LogP contribution in [-0.2, 0) is 10.0 Å². The predicted molar refractivity (Wildman–Crippen MR) is 76.2 cm³/mol. The number of aromatic nitrogens is 1. The van der Waals surface area contributed by atoms with Crippen molar-refractivity contribution in [3.63, 3.8) is 0 Å². The Hall–Kier alpha value is -1.18. The fourth-order valence-electron chi connectivity index (χ4n) is 1.47. The van der Waals surface area contributed by atoms with Crippen LogP contribution in [-0.4, -0.2) is 44.5 Å². The van der Waals surface area contributed by atoms with Crippen LogP contribution < -0.4 is 10.5 Å². The molecule has 1 aromatic rings. The van der Waals surface area contributed by atoms with Crippen molar-refractivity contribution in [3.05, 3.63) is 18.3 Å². The Morgan fingerprint density at radius 3 is 2.74 bits per heavy atom. The molecule has 1 heterocycles. The molecule has 0 saturated heterocycles. The molecule has 1 rings (SSSR count). The van der Waals surface area contributed by atoms with Gasteiger partial charge in [-0.3, -0.25) is 0 Å². The van der Waals surface area contributed by atoms with E-state index in [0.717, 1.165) is 13.0 Å². The van der Waals surface area contributed by atoms with E-state index in [-0.39, 0.29) is 10.7 Å². The molecular weight excluding hydrogens is 264 g/mol. The standard InChI is InChI=1S/C12H22N4O2S/c1-10(2)16(3)8-4-6-15-19(17,18)11-5-7-14-12(13)9-11/h5,7,9-10,15H,4,6,8H2,1-3H3,(H2,13,14). The molecule has 0 atom stereocenters. The van der Waals surface area contributed by atoms with Gasteiger partial charge >= 0.3 is 0 Å². The number of anilines is 1. The van der Waals surface area contributed by atoms with Crippen molar-refractivity contribution >= 4 is 15.8 Å². The number of hydrogen-bond acceptors (Lipinski definition) is 5. The lowest BCUT2D eigenvalue weighted by atomic mass is 10.3. The molecule has 3 N–H and O–H groups in total. The second-order valence-electron chi connectivity index (χ2n) is 4.74. The molecule has 6 nitrogen and oxygen atoms in total. The molecule has 0 amide bonds. The van der Waals surface area contributed by atoms with Crippen LogP contribution in [0, 0.1) is 0 Å². The normalized spacial score (nSPS) is 12.3. The van der Waals surface area contributed by atoms with Gasteiger partial charge in [0.1, 0.15) is 5.82 Å². The van der Waals surface area contributed by atoms with E-state index in [9.17, 15) is 8.42 Å². The molecule has 7 heteroatoms. The van der Waals surface area contributed by atoms with Gasteiger partial charge in [0.05, 0.1) is 4.90 Å². The van der Waals surface area contributed by atoms with Crippen molar-refractivity contribution in [1.82, 2.24) is 14.6 Å². The quantitative estimate of drug-likeness (QED) is 0.719. The summed E-state index contributed by atoms with van der Waals surface area (Å²) in [4.78, 5) is 6.09. The number of nitrogens with two attached hydrogens (primary N) is 1. The van der Waals surface area contributed by atoms with Gasteiger partial charge in [0.15, 0.2) is 0 Å². The Morgan fingerprint density at radius 2 is 2.16 bits per heavy atom. The summed E-state index contributed by atoms with van der Waals surface area (Å²) in [7, 11) is -1.47. The smallest absolute Gasteiger partial charge is 0.240 e. The van der Waals surface area contributed by atoms with Gasteiger partial charge in [-0.05, 0) is 39.9 Å². The largest absolute Gasteiger partial charge is 0.384 e. The highest BCUT2D eigenvalue weighted by atomic mass is 32.2. The van der Waals surface area contributed by atoms with Gasteiger partial charge in [-0.2, -0.15) is 0 Å². The first kappa shape index (κ1) is 15.9. The van der Waals surface area contributed by atoms with Crippen molar-refractivity contribution in [3.8, 4) is 0 Å². The van der Waals surface area contributed by atoms with Crippen LogP contribution in [0.25, 0.3) is 0 Å². The Labute approximate surface area is 115 Å². The minimum Gasteiger partial charge on any atom is -0.384 e. The zero-order chi connectivity index (χ0) is 14.5. The maximum absolute atomic E-state index is 12.0. The number of pyridine rings is 1. The van der Waals surface area contributed by atoms with Crippen LogP contribution in [0.2, 0.25) is 0 Å². The third kappa shape index (κ3) is 5.14. The van der Waals surface area contributed by atoms with E-state index in [4.69, 9.17) is 5.73 Å². The summed E-state index contributed by atoms with van der Waals surface area (Å²) in [5.41, 5.74) is 5.47. The van der Waals surface area contributed by atoms with Gasteiger partial charge in [0, 0.05) is 24.8 Å². The van der Waals surface area contributed by atoms with Crippen LogP contribution in [0.15, 0.2) is 23.2 Å². The van der Waals surface area contributed by atoms with Gasteiger partial charge < -0.3 is 10.6 Å². The first-order valence-electron chi connectivity index (χ1n) is 6.24. The van der Waals surface area contributed by atoms with E-state index < -0.39 is 10.0 Å². The Morgan fingerprint density at radius 1 is 1.47 bits per heavy atom. The minimum absolute atomic E-state index is 0.150. The van der Waals surface area contributed by atoms with Gasteiger partial charge in [-0.25, -0.2) is 18.1 Å². The maximum Gasteiger partial charge on any atom is 0.240 e. The number of nitrogen functional groups attached to an aromatic ring is 1. The monoisotopic (exact) mass is 286 g/mol. The molecule has 0 spiro atoms. The molecule has 19 heavy (non-hydrogen) atoms. The lowest BCUT2D eigenvalue weighted by Gasteiger charge is -2.20. The molecule has 0 aliphatic carbocycles. The Kier molecular flexibility index (Phi) is 5.71. The molecule has 0 bridgehead atoms. The van der Waals surface area contributed by atoms with Crippen molar-refractivity contribution in [2.24, 2.45) is 0 Å². The van der Waals surface area contributed by atoms with E-state index >= 15 is 0 Å². The fraction of sp³-hybridized carbons (Fsp3) is 0.583. The highest BCUT2D eigenvalue weighted by Crippen LogP contribution is 2.09. The van der Waals surface area contributed by atoms with Crippen LogP contribution >= 0.6 is 0 Å². The van der Waals surface area contributed by atoms with E-state index in [1.807, 2.05) is 7.05 Å². The van der Waals surface area contributed by atoms with Crippen LogP contribution in [0.5, 0.6) is 0 Å².